The Balaban J connectivity index is 1.98. The molecule has 2 rings (SSSR count). The molecule has 0 aromatic heterocycles. The molecule has 100 valence electrons. The lowest BCUT2D eigenvalue weighted by Gasteiger charge is -2.46. The van der Waals surface area contributed by atoms with Crippen LogP contribution in [0, 0.1) is 5.92 Å². The van der Waals surface area contributed by atoms with Crippen LogP contribution in [0.4, 0.5) is 0 Å². The van der Waals surface area contributed by atoms with Gasteiger partial charge in [-0.3, -0.25) is 4.90 Å². The van der Waals surface area contributed by atoms with Crippen LogP contribution >= 0.6 is 0 Å². The van der Waals surface area contributed by atoms with Crippen LogP contribution in [-0.4, -0.2) is 48.3 Å². The Morgan fingerprint density at radius 3 is 2.65 bits per heavy atom. The van der Waals surface area contributed by atoms with Crippen LogP contribution in [0.2, 0.25) is 0 Å². The van der Waals surface area contributed by atoms with E-state index >= 15 is 0 Å². The van der Waals surface area contributed by atoms with E-state index in [9.17, 15) is 5.11 Å². The van der Waals surface area contributed by atoms with Crippen molar-refractivity contribution < 1.29 is 5.11 Å². The molecule has 0 spiro atoms. The van der Waals surface area contributed by atoms with Crippen molar-refractivity contribution in [3.63, 3.8) is 0 Å². The SMILES string of the molecule is CCC1CCC(CO)(N2CCCNCC2)CC1. The predicted molar refractivity (Wildman–Crippen MR) is 71.1 cm³/mol. The summed E-state index contributed by atoms with van der Waals surface area (Å²) in [6.45, 7) is 7.13. The van der Waals surface area contributed by atoms with Gasteiger partial charge in [0, 0.05) is 25.2 Å². The summed E-state index contributed by atoms with van der Waals surface area (Å²) in [7, 11) is 0. The average Bonchev–Trinajstić information content (AvgIpc) is 2.68. The van der Waals surface area contributed by atoms with Crippen molar-refractivity contribution in [3.05, 3.63) is 0 Å². The van der Waals surface area contributed by atoms with Crippen LogP contribution in [0.5, 0.6) is 0 Å². The zero-order valence-electron chi connectivity index (χ0n) is 11.2. The van der Waals surface area contributed by atoms with E-state index in [2.05, 4.69) is 17.1 Å². The Kier molecular flexibility index (Phi) is 4.83. The van der Waals surface area contributed by atoms with E-state index in [1.807, 2.05) is 0 Å². The first-order chi connectivity index (χ1) is 8.30. The highest BCUT2D eigenvalue weighted by molar-refractivity contribution is 4.95. The maximum atomic E-state index is 9.88. The number of rotatable bonds is 3. The molecule has 0 amide bonds. The van der Waals surface area contributed by atoms with Crippen LogP contribution in [0.15, 0.2) is 0 Å². The first-order valence-corrected chi connectivity index (χ1v) is 7.37. The second-order valence-corrected chi connectivity index (χ2v) is 5.82. The fourth-order valence-electron chi connectivity index (χ4n) is 3.52. The Labute approximate surface area is 106 Å². The fraction of sp³-hybridized carbons (Fsp3) is 1.00. The first kappa shape index (κ1) is 13.3. The van der Waals surface area contributed by atoms with Gasteiger partial charge in [0.1, 0.15) is 0 Å². The van der Waals surface area contributed by atoms with Gasteiger partial charge in [-0.15, -0.1) is 0 Å². The van der Waals surface area contributed by atoms with Gasteiger partial charge in [-0.2, -0.15) is 0 Å². The Morgan fingerprint density at radius 1 is 1.24 bits per heavy atom. The van der Waals surface area contributed by atoms with Crippen molar-refractivity contribution in [2.45, 2.75) is 51.0 Å². The van der Waals surface area contributed by atoms with Gasteiger partial charge < -0.3 is 10.4 Å². The van der Waals surface area contributed by atoms with Crippen molar-refractivity contribution in [1.82, 2.24) is 10.2 Å². The van der Waals surface area contributed by atoms with E-state index in [-0.39, 0.29) is 5.54 Å². The highest BCUT2D eigenvalue weighted by Gasteiger charge is 2.39. The lowest BCUT2D eigenvalue weighted by atomic mass is 9.75. The molecule has 1 saturated heterocycles. The van der Waals surface area contributed by atoms with Crippen LogP contribution in [0.1, 0.15) is 45.4 Å². The third-order valence-corrected chi connectivity index (χ3v) is 4.92. The molecule has 2 aliphatic rings. The normalized spacial score (nSPS) is 36.7. The fourth-order valence-corrected chi connectivity index (χ4v) is 3.52. The number of aliphatic hydroxyl groups excluding tert-OH is 1. The molecule has 1 heterocycles. The van der Waals surface area contributed by atoms with Crippen LogP contribution in [-0.2, 0) is 0 Å². The Morgan fingerprint density at radius 2 is 2.00 bits per heavy atom. The largest absolute Gasteiger partial charge is 0.394 e. The minimum Gasteiger partial charge on any atom is -0.394 e. The summed E-state index contributed by atoms with van der Waals surface area (Å²) in [4.78, 5) is 2.57. The minimum atomic E-state index is 0.109. The topological polar surface area (TPSA) is 35.5 Å². The van der Waals surface area contributed by atoms with Crippen LogP contribution < -0.4 is 5.32 Å². The van der Waals surface area contributed by atoms with Gasteiger partial charge >= 0.3 is 0 Å². The monoisotopic (exact) mass is 240 g/mol. The average molecular weight is 240 g/mol. The van der Waals surface area contributed by atoms with Crippen LogP contribution in [0.3, 0.4) is 0 Å². The summed E-state index contributed by atoms with van der Waals surface area (Å²) < 4.78 is 0. The van der Waals surface area contributed by atoms with Crippen LogP contribution in [0.25, 0.3) is 0 Å². The molecule has 0 radical (unpaired) electrons. The van der Waals surface area contributed by atoms with Gasteiger partial charge in [0.2, 0.25) is 0 Å². The van der Waals surface area contributed by atoms with Gasteiger partial charge in [0.05, 0.1) is 6.61 Å². The van der Waals surface area contributed by atoms with E-state index in [4.69, 9.17) is 0 Å². The molecule has 0 unspecified atom stereocenters. The standard InChI is InChI=1S/C14H28N2O/c1-2-13-4-6-14(12-17,7-5-13)16-10-3-8-15-9-11-16/h13,15,17H,2-12H2,1H3. The lowest BCUT2D eigenvalue weighted by molar-refractivity contribution is -0.00643. The highest BCUT2D eigenvalue weighted by atomic mass is 16.3. The molecule has 2 N–H and O–H groups in total. The van der Waals surface area contributed by atoms with Gasteiger partial charge in [-0.25, -0.2) is 0 Å². The molecule has 1 aliphatic carbocycles. The highest BCUT2D eigenvalue weighted by Crippen LogP contribution is 2.37. The van der Waals surface area contributed by atoms with Gasteiger partial charge in [0.25, 0.3) is 0 Å². The molecular weight excluding hydrogens is 212 g/mol. The number of hydrogen-bond donors (Lipinski definition) is 2. The van der Waals surface area contributed by atoms with Gasteiger partial charge in [-0.1, -0.05) is 13.3 Å². The maximum Gasteiger partial charge on any atom is 0.0615 e. The summed E-state index contributed by atoms with van der Waals surface area (Å²) in [6, 6.07) is 0. The molecule has 0 atom stereocenters. The van der Waals surface area contributed by atoms with Crippen molar-refractivity contribution in [2.75, 3.05) is 32.8 Å². The molecule has 17 heavy (non-hydrogen) atoms. The predicted octanol–water partition coefficient (Wildman–Crippen LogP) is 1.61. The number of hydrogen-bond acceptors (Lipinski definition) is 3. The van der Waals surface area contributed by atoms with Gasteiger partial charge in [0.15, 0.2) is 0 Å². The molecule has 1 saturated carbocycles. The Hall–Kier alpha value is -0.120. The van der Waals surface area contributed by atoms with E-state index < -0.39 is 0 Å². The van der Waals surface area contributed by atoms with Gasteiger partial charge in [-0.05, 0) is 44.6 Å². The van der Waals surface area contributed by atoms with E-state index in [1.54, 1.807) is 0 Å². The Bertz CT molecular complexity index is 216. The molecule has 1 aliphatic heterocycles. The van der Waals surface area contributed by atoms with Crippen molar-refractivity contribution >= 4 is 0 Å². The first-order valence-electron chi connectivity index (χ1n) is 7.37. The molecule has 3 nitrogen and oxygen atoms in total. The molecule has 0 aromatic carbocycles. The zero-order chi connectivity index (χ0) is 12.1. The molecular formula is C14H28N2O. The maximum absolute atomic E-state index is 9.88. The third kappa shape index (κ3) is 3.01. The van der Waals surface area contributed by atoms with E-state index in [0.717, 1.165) is 32.1 Å². The quantitative estimate of drug-likeness (QED) is 0.787. The number of nitrogens with one attached hydrogen (secondary N) is 1. The molecule has 0 bridgehead atoms. The summed E-state index contributed by atoms with van der Waals surface area (Å²) in [5.74, 6) is 0.903. The lowest BCUT2D eigenvalue weighted by Crippen LogP contribution is -2.54. The van der Waals surface area contributed by atoms with Crippen molar-refractivity contribution in [2.24, 2.45) is 5.92 Å². The minimum absolute atomic E-state index is 0.109. The van der Waals surface area contributed by atoms with E-state index in [1.165, 1.54) is 38.5 Å². The summed E-state index contributed by atoms with van der Waals surface area (Å²) >= 11 is 0. The summed E-state index contributed by atoms with van der Waals surface area (Å²) in [5.41, 5.74) is 0.109. The van der Waals surface area contributed by atoms with Crippen molar-refractivity contribution in [1.29, 1.82) is 0 Å². The molecule has 0 aromatic rings. The second kappa shape index (κ2) is 6.17. The molecule has 3 heteroatoms. The number of nitrogens with zero attached hydrogens (tertiary/aromatic N) is 1. The van der Waals surface area contributed by atoms with E-state index in [0.29, 0.717) is 6.61 Å². The third-order valence-electron chi connectivity index (χ3n) is 4.92. The zero-order valence-corrected chi connectivity index (χ0v) is 11.2. The van der Waals surface area contributed by atoms with Crippen molar-refractivity contribution in [3.8, 4) is 0 Å². The smallest absolute Gasteiger partial charge is 0.0615 e. The summed E-state index contributed by atoms with van der Waals surface area (Å²) in [5, 5.41) is 13.3. The summed E-state index contributed by atoms with van der Waals surface area (Å²) in [6.07, 6.45) is 7.54. The number of aliphatic hydroxyl groups is 1. The second-order valence-electron chi connectivity index (χ2n) is 5.82. The molecule has 2 fully saturated rings.